The second-order valence-corrected chi connectivity index (χ2v) is 7.96. The minimum absolute atomic E-state index is 0.0875. The van der Waals surface area contributed by atoms with E-state index in [4.69, 9.17) is 9.47 Å². The Labute approximate surface area is 196 Å². The summed E-state index contributed by atoms with van der Waals surface area (Å²) in [6.45, 7) is 2.03. The number of urea groups is 1. The van der Waals surface area contributed by atoms with Crippen molar-refractivity contribution in [3.05, 3.63) is 53.4 Å². The zero-order valence-corrected chi connectivity index (χ0v) is 19.0. The van der Waals surface area contributed by atoms with Crippen molar-refractivity contribution < 1.29 is 45.8 Å². The van der Waals surface area contributed by atoms with Gasteiger partial charge in [-0.15, -0.1) is 0 Å². The minimum atomic E-state index is -4.86. The van der Waals surface area contributed by atoms with Gasteiger partial charge in [0.1, 0.15) is 11.9 Å². The van der Waals surface area contributed by atoms with Crippen molar-refractivity contribution in [2.24, 2.45) is 5.92 Å². The molecule has 1 aliphatic rings. The van der Waals surface area contributed by atoms with Crippen molar-refractivity contribution >= 4 is 17.7 Å². The molecule has 0 saturated carbocycles. The van der Waals surface area contributed by atoms with E-state index in [1.807, 2.05) is 0 Å². The van der Waals surface area contributed by atoms with Crippen LogP contribution >= 0.6 is 0 Å². The summed E-state index contributed by atoms with van der Waals surface area (Å²) in [7, 11) is 2.18. The monoisotopic (exact) mass is 503 g/mol. The predicted molar refractivity (Wildman–Crippen MR) is 112 cm³/mol. The molecule has 0 radical (unpaired) electrons. The average molecular weight is 503 g/mol. The molecule has 1 saturated heterocycles. The van der Waals surface area contributed by atoms with E-state index < -0.39 is 59.2 Å². The van der Waals surface area contributed by atoms with E-state index in [9.17, 15) is 31.5 Å². The molecule has 2 N–H and O–H groups in total. The molecule has 0 spiro atoms. The Hall–Kier alpha value is -3.48. The number of aromatic nitrogens is 1. The fourth-order valence-corrected chi connectivity index (χ4v) is 3.96. The smallest absolute Gasteiger partial charge is 0.417 e. The molecule has 1 aromatic heterocycles. The highest BCUT2D eigenvalue weighted by molar-refractivity contribution is 5.92. The van der Waals surface area contributed by atoms with Crippen LogP contribution in [0.15, 0.2) is 30.5 Å². The van der Waals surface area contributed by atoms with Crippen LogP contribution in [0.5, 0.6) is 5.75 Å². The first-order valence-corrected chi connectivity index (χ1v) is 10.2. The SMILES string of the molecule is COC(=O)c1cc(NC(=O)NC2O[C@@](C)(C(F)(F)F)[C@@H](C)[C@H]2c2ccc(F)c(F)c2OC)ccn1. The molecule has 35 heavy (non-hydrogen) atoms. The van der Waals surface area contributed by atoms with Gasteiger partial charge >= 0.3 is 18.2 Å². The van der Waals surface area contributed by atoms with E-state index in [0.717, 1.165) is 33.3 Å². The second kappa shape index (κ2) is 9.64. The summed E-state index contributed by atoms with van der Waals surface area (Å²) in [6, 6.07) is 3.38. The molecule has 2 amide bonds. The number of nitrogens with zero attached hydrogens (tertiary/aromatic N) is 1. The zero-order chi connectivity index (χ0) is 26.1. The highest BCUT2D eigenvalue weighted by Gasteiger charge is 2.65. The van der Waals surface area contributed by atoms with Crippen LogP contribution < -0.4 is 15.4 Å². The van der Waals surface area contributed by atoms with Crippen molar-refractivity contribution in [2.45, 2.75) is 37.8 Å². The number of hydrogen-bond donors (Lipinski definition) is 2. The molecule has 1 unspecified atom stereocenters. The first kappa shape index (κ1) is 26.1. The van der Waals surface area contributed by atoms with Gasteiger partial charge in [-0.05, 0) is 25.1 Å². The molecule has 0 bridgehead atoms. The van der Waals surface area contributed by atoms with Crippen LogP contribution in [0, 0.1) is 17.6 Å². The Bertz CT molecular complexity index is 1130. The van der Waals surface area contributed by atoms with E-state index in [2.05, 4.69) is 20.4 Å². The van der Waals surface area contributed by atoms with Gasteiger partial charge in [0.15, 0.2) is 17.2 Å². The van der Waals surface area contributed by atoms with Gasteiger partial charge in [-0.3, -0.25) is 0 Å². The number of halogens is 5. The van der Waals surface area contributed by atoms with Gasteiger partial charge in [-0.2, -0.15) is 17.6 Å². The van der Waals surface area contributed by atoms with Crippen LogP contribution in [-0.4, -0.2) is 49.2 Å². The number of hydrogen-bond acceptors (Lipinski definition) is 6. The number of pyridine rings is 1. The topological polar surface area (TPSA) is 98.8 Å². The van der Waals surface area contributed by atoms with Crippen LogP contribution in [0.1, 0.15) is 35.8 Å². The minimum Gasteiger partial charge on any atom is -0.493 e. The number of carbonyl (C=O) groups excluding carboxylic acids is 2. The number of benzene rings is 1. The van der Waals surface area contributed by atoms with Crippen molar-refractivity contribution in [3.8, 4) is 5.75 Å². The molecule has 1 aromatic carbocycles. The van der Waals surface area contributed by atoms with Crippen molar-refractivity contribution in [1.29, 1.82) is 0 Å². The van der Waals surface area contributed by atoms with Crippen LogP contribution in [0.4, 0.5) is 32.4 Å². The molecule has 2 aromatic rings. The number of amides is 2. The zero-order valence-electron chi connectivity index (χ0n) is 19.0. The van der Waals surface area contributed by atoms with Crippen molar-refractivity contribution in [1.82, 2.24) is 10.3 Å². The van der Waals surface area contributed by atoms with Gasteiger partial charge in [0.2, 0.25) is 5.82 Å². The number of carbonyl (C=O) groups is 2. The molecule has 1 aliphatic heterocycles. The van der Waals surface area contributed by atoms with E-state index in [1.54, 1.807) is 0 Å². The number of ether oxygens (including phenoxy) is 3. The summed E-state index contributed by atoms with van der Waals surface area (Å²) in [6.07, 6.45) is -5.26. The number of esters is 1. The Kier molecular flexibility index (Phi) is 7.20. The van der Waals surface area contributed by atoms with Crippen LogP contribution in [-0.2, 0) is 9.47 Å². The lowest BCUT2D eigenvalue weighted by molar-refractivity contribution is -0.275. The van der Waals surface area contributed by atoms with E-state index in [1.165, 1.54) is 25.3 Å². The summed E-state index contributed by atoms with van der Waals surface area (Å²) in [5.74, 6) is -6.63. The summed E-state index contributed by atoms with van der Waals surface area (Å²) >= 11 is 0. The maximum Gasteiger partial charge on any atom is 0.417 e. The Balaban J connectivity index is 1.95. The first-order valence-electron chi connectivity index (χ1n) is 10.2. The first-order chi connectivity index (χ1) is 16.3. The molecule has 4 atom stereocenters. The number of methoxy groups -OCH3 is 2. The van der Waals surface area contributed by atoms with E-state index in [0.29, 0.717) is 0 Å². The van der Waals surface area contributed by atoms with E-state index >= 15 is 0 Å². The maximum atomic E-state index is 14.4. The van der Waals surface area contributed by atoms with Gasteiger partial charge in [0.05, 0.1) is 14.2 Å². The number of anilines is 1. The molecule has 1 fully saturated rings. The molecule has 190 valence electrons. The second-order valence-electron chi connectivity index (χ2n) is 7.96. The standard InChI is InChI=1S/C22H22F5N3O5/c1-10-15(12-5-6-13(23)16(24)17(12)33-3)18(35-21(10,2)22(25,26)27)30-20(32)29-11-7-8-28-14(9-11)19(31)34-4/h5-10,15,18H,1-4H3,(H2,28,29,30,32)/t10-,15-,18?,21+/m0/s1. The third-order valence-electron chi connectivity index (χ3n) is 6.00. The largest absolute Gasteiger partial charge is 0.493 e. The Morgan fingerprint density at radius 3 is 2.46 bits per heavy atom. The van der Waals surface area contributed by atoms with Gasteiger partial charge in [0.25, 0.3) is 0 Å². The molecule has 2 heterocycles. The van der Waals surface area contributed by atoms with Crippen LogP contribution in [0.3, 0.4) is 0 Å². The fourth-order valence-electron chi connectivity index (χ4n) is 3.96. The molecular formula is C22H22F5N3O5. The number of rotatable bonds is 5. The van der Waals surface area contributed by atoms with Gasteiger partial charge in [0, 0.05) is 29.3 Å². The lowest BCUT2D eigenvalue weighted by Crippen LogP contribution is -2.48. The summed E-state index contributed by atoms with van der Waals surface area (Å²) < 4.78 is 84.8. The van der Waals surface area contributed by atoms with Crippen LogP contribution in [0.2, 0.25) is 0 Å². The molecule has 3 rings (SSSR count). The third kappa shape index (κ3) is 4.85. The molecular weight excluding hydrogens is 481 g/mol. The van der Waals surface area contributed by atoms with Crippen molar-refractivity contribution in [2.75, 3.05) is 19.5 Å². The highest BCUT2D eigenvalue weighted by Crippen LogP contribution is 2.54. The highest BCUT2D eigenvalue weighted by atomic mass is 19.4. The normalized spacial score (nSPS) is 24.1. The van der Waals surface area contributed by atoms with Gasteiger partial charge < -0.3 is 24.8 Å². The molecule has 8 nitrogen and oxygen atoms in total. The maximum absolute atomic E-state index is 14.4. The predicted octanol–water partition coefficient (Wildman–Crippen LogP) is 4.37. The lowest BCUT2D eigenvalue weighted by Gasteiger charge is -2.31. The quantitative estimate of drug-likeness (QED) is 0.465. The summed E-state index contributed by atoms with van der Waals surface area (Å²) in [4.78, 5) is 28.1. The van der Waals surface area contributed by atoms with E-state index in [-0.39, 0.29) is 16.9 Å². The van der Waals surface area contributed by atoms with Crippen molar-refractivity contribution in [3.63, 3.8) is 0 Å². The van der Waals surface area contributed by atoms with Gasteiger partial charge in [-0.1, -0.05) is 13.0 Å². The van der Waals surface area contributed by atoms with Crippen LogP contribution in [0.25, 0.3) is 0 Å². The lowest BCUT2D eigenvalue weighted by atomic mass is 9.78. The number of alkyl halides is 3. The number of nitrogens with one attached hydrogen (secondary N) is 2. The molecule has 0 aliphatic carbocycles. The Morgan fingerprint density at radius 2 is 1.86 bits per heavy atom. The summed E-state index contributed by atoms with van der Waals surface area (Å²) in [5, 5.41) is 4.67. The molecule has 13 heteroatoms. The fraction of sp³-hybridized carbons (Fsp3) is 0.409. The summed E-state index contributed by atoms with van der Waals surface area (Å²) in [5.41, 5.74) is -2.89. The van der Waals surface area contributed by atoms with Gasteiger partial charge in [-0.25, -0.2) is 19.0 Å². The average Bonchev–Trinajstić information content (AvgIpc) is 3.05. The Morgan fingerprint density at radius 1 is 1.17 bits per heavy atom. The third-order valence-corrected chi connectivity index (χ3v) is 6.00.